The Morgan fingerprint density at radius 2 is 1.48 bits per heavy atom. The lowest BCUT2D eigenvalue weighted by molar-refractivity contribution is -0.0695. The third-order valence-electron chi connectivity index (χ3n) is 6.87. The van der Waals surface area contributed by atoms with E-state index in [4.69, 9.17) is 9.47 Å². The van der Waals surface area contributed by atoms with Crippen molar-refractivity contribution < 1.29 is 32.9 Å². The molecule has 0 aliphatic carbocycles. The molecule has 0 aromatic heterocycles. The molecule has 1 heterocycles. The van der Waals surface area contributed by atoms with Gasteiger partial charge in [-0.2, -0.15) is 13.2 Å². The summed E-state index contributed by atoms with van der Waals surface area (Å²) in [4.78, 5) is 2.46. The van der Waals surface area contributed by atoms with Gasteiger partial charge in [-0.3, -0.25) is 0 Å². The highest BCUT2D eigenvalue weighted by molar-refractivity contribution is 5.98. The van der Waals surface area contributed by atoms with Crippen molar-refractivity contribution in [3.05, 3.63) is 83.4 Å². The van der Waals surface area contributed by atoms with E-state index in [1.165, 1.54) is 42.5 Å². The number of phenols is 2. The molecule has 1 aliphatic rings. The maximum Gasteiger partial charge on any atom is 0.417 e. The van der Waals surface area contributed by atoms with Crippen LogP contribution in [0.3, 0.4) is 0 Å². The van der Waals surface area contributed by atoms with Gasteiger partial charge in [-0.25, -0.2) is 0 Å². The van der Waals surface area contributed by atoms with E-state index >= 15 is 0 Å². The first kappa shape index (κ1) is 29.3. The zero-order valence-electron chi connectivity index (χ0n) is 22.9. The summed E-state index contributed by atoms with van der Waals surface area (Å²) in [6.45, 7) is 8.15. The summed E-state index contributed by atoms with van der Waals surface area (Å²) in [6, 6.07) is 16.1. The van der Waals surface area contributed by atoms with Crippen LogP contribution in [-0.4, -0.2) is 47.5 Å². The molecule has 0 amide bonds. The Labute approximate surface area is 233 Å². The summed E-state index contributed by atoms with van der Waals surface area (Å²) in [5.41, 5.74) is -0.288. The normalized spacial score (nSPS) is 15.2. The van der Waals surface area contributed by atoms with Gasteiger partial charge in [-0.15, -0.1) is 0 Å². The molecule has 0 spiro atoms. The van der Waals surface area contributed by atoms with Crippen molar-refractivity contribution >= 4 is 11.1 Å². The van der Waals surface area contributed by atoms with E-state index in [2.05, 4.69) is 18.7 Å². The number of allylic oxidation sites excluding steroid dienone is 1. The van der Waals surface area contributed by atoms with E-state index < -0.39 is 17.9 Å². The molecule has 2 N–H and O–H groups in total. The molecule has 3 aromatic carbocycles. The molecule has 0 bridgehead atoms. The van der Waals surface area contributed by atoms with Crippen LogP contribution in [-0.2, 0) is 0 Å². The minimum atomic E-state index is -4.70. The number of hydrogen-bond acceptors (Lipinski definition) is 5. The highest BCUT2D eigenvalue weighted by Gasteiger charge is 2.44. The molecule has 1 unspecified atom stereocenters. The lowest BCUT2D eigenvalue weighted by Crippen LogP contribution is -2.26. The number of fused-ring (bicyclic) bond motifs is 1. The van der Waals surface area contributed by atoms with Gasteiger partial charge in [-0.05, 0) is 92.8 Å². The molecule has 0 radical (unpaired) electrons. The fraction of sp³-hybridized carbons (Fsp3) is 0.375. The molecule has 0 saturated heterocycles. The van der Waals surface area contributed by atoms with Crippen LogP contribution >= 0.6 is 0 Å². The van der Waals surface area contributed by atoms with Crippen molar-refractivity contribution in [3.8, 4) is 23.0 Å². The zero-order valence-corrected chi connectivity index (χ0v) is 22.9. The van der Waals surface area contributed by atoms with Gasteiger partial charge in [0.25, 0.3) is 0 Å². The molecular formula is C32H36F3NO4. The van der Waals surface area contributed by atoms with Gasteiger partial charge in [-0.1, -0.05) is 38.1 Å². The first-order valence-electron chi connectivity index (χ1n) is 13.8. The minimum Gasteiger partial charge on any atom is -0.508 e. The number of unbranched alkanes of at least 4 members (excludes halogenated alkanes) is 1. The van der Waals surface area contributed by atoms with Gasteiger partial charge in [0.05, 0.1) is 12.2 Å². The largest absolute Gasteiger partial charge is 0.508 e. The standard InChI is InChI=1S/C32H36F3NO4/c1-3-17-36(18-4-2)19-5-6-20-39-26-14-9-23(10-15-26)31-29(22-7-11-24(37)12-8-22)30(32(33,34)35)27-16-13-25(38)21-28(27)40-31/h7-16,21,31,37-38H,3-6,17-20H2,1-2H3. The van der Waals surface area contributed by atoms with Crippen LogP contribution in [0.5, 0.6) is 23.0 Å². The molecule has 8 heteroatoms. The van der Waals surface area contributed by atoms with Gasteiger partial charge in [0.2, 0.25) is 0 Å². The number of nitrogens with zero attached hydrogens (tertiary/aromatic N) is 1. The van der Waals surface area contributed by atoms with E-state index in [0.717, 1.165) is 45.3 Å². The van der Waals surface area contributed by atoms with Crippen molar-refractivity contribution in [2.24, 2.45) is 0 Å². The Morgan fingerprint density at radius 1 is 0.825 bits per heavy atom. The summed E-state index contributed by atoms with van der Waals surface area (Å²) < 4.78 is 55.8. The predicted molar refractivity (Wildman–Crippen MR) is 151 cm³/mol. The predicted octanol–water partition coefficient (Wildman–Crippen LogP) is 7.99. The SMILES string of the molecule is CCCN(CCC)CCCCOc1ccc(C2Oc3cc(O)ccc3C(C(F)(F)F)=C2c2ccc(O)cc2)cc1. The fourth-order valence-corrected chi connectivity index (χ4v) is 5.09. The maximum atomic E-state index is 14.6. The van der Waals surface area contributed by atoms with Crippen LogP contribution in [0.2, 0.25) is 0 Å². The molecule has 0 fully saturated rings. The van der Waals surface area contributed by atoms with Gasteiger partial charge in [0.1, 0.15) is 23.0 Å². The first-order chi connectivity index (χ1) is 19.2. The van der Waals surface area contributed by atoms with Crippen molar-refractivity contribution in [1.29, 1.82) is 0 Å². The van der Waals surface area contributed by atoms with Crippen molar-refractivity contribution in [3.63, 3.8) is 0 Å². The first-order valence-corrected chi connectivity index (χ1v) is 13.8. The lowest BCUT2D eigenvalue weighted by Gasteiger charge is -2.33. The second kappa shape index (κ2) is 13.1. The molecule has 40 heavy (non-hydrogen) atoms. The van der Waals surface area contributed by atoms with Crippen molar-refractivity contribution in [2.75, 3.05) is 26.2 Å². The summed E-state index contributed by atoms with van der Waals surface area (Å²) in [6.07, 6.45) is -1.61. The number of ether oxygens (including phenoxy) is 2. The maximum absolute atomic E-state index is 14.6. The third kappa shape index (κ3) is 7.10. The quantitative estimate of drug-likeness (QED) is 0.222. The number of benzene rings is 3. The topological polar surface area (TPSA) is 62.2 Å². The Hall–Kier alpha value is -3.65. The third-order valence-corrected chi connectivity index (χ3v) is 6.87. The molecule has 1 aliphatic heterocycles. The molecule has 214 valence electrons. The van der Waals surface area contributed by atoms with Crippen LogP contribution in [0.25, 0.3) is 11.1 Å². The number of alkyl halides is 3. The summed E-state index contributed by atoms with van der Waals surface area (Å²) in [5, 5.41) is 19.7. The second-order valence-corrected chi connectivity index (χ2v) is 9.98. The van der Waals surface area contributed by atoms with Crippen LogP contribution < -0.4 is 9.47 Å². The number of aromatic hydroxyl groups is 2. The Bertz CT molecular complexity index is 1280. The van der Waals surface area contributed by atoms with E-state index in [9.17, 15) is 23.4 Å². The number of phenolic OH excluding ortho intramolecular Hbond substituents is 2. The molecule has 0 saturated carbocycles. The monoisotopic (exact) mass is 555 g/mol. The Kier molecular flexibility index (Phi) is 9.63. The van der Waals surface area contributed by atoms with Gasteiger partial charge in [0.15, 0.2) is 6.10 Å². The molecular weight excluding hydrogens is 519 g/mol. The number of hydrogen-bond donors (Lipinski definition) is 2. The highest BCUT2D eigenvalue weighted by Crippen LogP contribution is 2.53. The van der Waals surface area contributed by atoms with Crippen LogP contribution in [0, 0.1) is 0 Å². The number of rotatable bonds is 12. The summed E-state index contributed by atoms with van der Waals surface area (Å²) in [7, 11) is 0. The molecule has 1 atom stereocenters. The Morgan fingerprint density at radius 3 is 2.10 bits per heavy atom. The highest BCUT2D eigenvalue weighted by atomic mass is 19.4. The fourth-order valence-electron chi connectivity index (χ4n) is 5.09. The molecule has 3 aromatic rings. The average Bonchev–Trinajstić information content (AvgIpc) is 2.92. The average molecular weight is 556 g/mol. The smallest absolute Gasteiger partial charge is 0.417 e. The van der Waals surface area contributed by atoms with Crippen LogP contribution in [0.4, 0.5) is 13.2 Å². The minimum absolute atomic E-state index is 0.0542. The van der Waals surface area contributed by atoms with Gasteiger partial charge >= 0.3 is 6.18 Å². The summed E-state index contributed by atoms with van der Waals surface area (Å²) in [5.74, 6) is 0.327. The van der Waals surface area contributed by atoms with Crippen LogP contribution in [0.1, 0.15) is 62.3 Å². The van der Waals surface area contributed by atoms with Crippen molar-refractivity contribution in [2.45, 2.75) is 51.8 Å². The zero-order chi connectivity index (χ0) is 28.7. The van der Waals surface area contributed by atoms with E-state index in [0.29, 0.717) is 17.9 Å². The number of halogens is 3. The molecule has 4 rings (SSSR count). The summed E-state index contributed by atoms with van der Waals surface area (Å²) >= 11 is 0. The van der Waals surface area contributed by atoms with Crippen LogP contribution in [0.15, 0.2) is 66.7 Å². The lowest BCUT2D eigenvalue weighted by atomic mass is 9.85. The van der Waals surface area contributed by atoms with E-state index in [-0.39, 0.29) is 33.9 Å². The van der Waals surface area contributed by atoms with Crippen molar-refractivity contribution in [1.82, 2.24) is 4.90 Å². The van der Waals surface area contributed by atoms with E-state index in [1.54, 1.807) is 24.3 Å². The second-order valence-electron chi connectivity index (χ2n) is 9.98. The van der Waals surface area contributed by atoms with E-state index in [1.807, 2.05) is 0 Å². The van der Waals surface area contributed by atoms with Gasteiger partial charge < -0.3 is 24.6 Å². The Balaban J connectivity index is 1.57. The molecule has 5 nitrogen and oxygen atoms in total. The van der Waals surface area contributed by atoms with Gasteiger partial charge in [0, 0.05) is 17.2 Å².